The van der Waals surface area contributed by atoms with E-state index in [0.29, 0.717) is 12.0 Å². The van der Waals surface area contributed by atoms with Crippen molar-refractivity contribution in [3.8, 4) is 11.5 Å². The SMILES string of the molecule is CCNC(c1cc(OC)c(OC)cc1Br)C1CCCC1. The fourth-order valence-electron chi connectivity index (χ4n) is 3.15. The maximum absolute atomic E-state index is 5.45. The molecule has 1 atom stereocenters. The zero-order chi connectivity index (χ0) is 14.5. The van der Waals surface area contributed by atoms with Crippen molar-refractivity contribution in [1.82, 2.24) is 5.32 Å². The predicted octanol–water partition coefficient (Wildman–Crippen LogP) is 4.31. The minimum Gasteiger partial charge on any atom is -0.493 e. The molecule has 20 heavy (non-hydrogen) atoms. The molecule has 0 amide bonds. The van der Waals surface area contributed by atoms with Gasteiger partial charge in [0.2, 0.25) is 0 Å². The van der Waals surface area contributed by atoms with Gasteiger partial charge in [0.15, 0.2) is 11.5 Å². The normalized spacial score (nSPS) is 17.2. The Bertz CT molecular complexity index is 444. The smallest absolute Gasteiger partial charge is 0.161 e. The van der Waals surface area contributed by atoms with Crippen LogP contribution in [-0.4, -0.2) is 20.8 Å². The molecule has 1 fully saturated rings. The molecule has 0 spiro atoms. The van der Waals surface area contributed by atoms with Gasteiger partial charge < -0.3 is 14.8 Å². The van der Waals surface area contributed by atoms with E-state index in [4.69, 9.17) is 9.47 Å². The second-order valence-corrected chi connectivity index (χ2v) is 6.16. The van der Waals surface area contributed by atoms with Crippen molar-refractivity contribution in [2.75, 3.05) is 20.8 Å². The summed E-state index contributed by atoms with van der Waals surface area (Å²) < 4.78 is 11.9. The Morgan fingerprint density at radius 2 is 1.80 bits per heavy atom. The third kappa shape index (κ3) is 3.29. The topological polar surface area (TPSA) is 30.5 Å². The summed E-state index contributed by atoms with van der Waals surface area (Å²) in [5.41, 5.74) is 1.27. The molecule has 1 saturated carbocycles. The van der Waals surface area contributed by atoms with Crippen LogP contribution in [0.1, 0.15) is 44.2 Å². The van der Waals surface area contributed by atoms with E-state index in [1.807, 2.05) is 6.07 Å². The Labute approximate surface area is 130 Å². The Hall–Kier alpha value is -0.740. The van der Waals surface area contributed by atoms with Crippen LogP contribution >= 0.6 is 15.9 Å². The van der Waals surface area contributed by atoms with Gasteiger partial charge in [-0.2, -0.15) is 0 Å². The first-order valence-electron chi connectivity index (χ1n) is 7.36. The largest absolute Gasteiger partial charge is 0.493 e. The van der Waals surface area contributed by atoms with Crippen molar-refractivity contribution in [2.45, 2.75) is 38.6 Å². The first-order valence-corrected chi connectivity index (χ1v) is 8.15. The van der Waals surface area contributed by atoms with Gasteiger partial charge in [-0.25, -0.2) is 0 Å². The van der Waals surface area contributed by atoms with Gasteiger partial charge in [-0.05, 0) is 43.0 Å². The minimum atomic E-state index is 0.386. The summed E-state index contributed by atoms with van der Waals surface area (Å²) in [6.45, 7) is 3.14. The molecular weight excluding hydrogens is 318 g/mol. The quantitative estimate of drug-likeness (QED) is 0.836. The molecule has 1 unspecified atom stereocenters. The fourth-order valence-corrected chi connectivity index (χ4v) is 3.72. The Morgan fingerprint density at radius 1 is 1.20 bits per heavy atom. The van der Waals surface area contributed by atoms with Crippen molar-refractivity contribution < 1.29 is 9.47 Å². The molecule has 0 aromatic heterocycles. The molecule has 3 nitrogen and oxygen atoms in total. The average molecular weight is 342 g/mol. The number of ether oxygens (including phenoxy) is 2. The van der Waals surface area contributed by atoms with Gasteiger partial charge in [-0.3, -0.25) is 0 Å². The van der Waals surface area contributed by atoms with Gasteiger partial charge in [0.05, 0.1) is 14.2 Å². The van der Waals surface area contributed by atoms with Crippen molar-refractivity contribution in [3.63, 3.8) is 0 Å². The van der Waals surface area contributed by atoms with Gasteiger partial charge in [-0.1, -0.05) is 35.7 Å². The molecular formula is C16H24BrNO2. The molecule has 0 aliphatic heterocycles. The van der Waals surface area contributed by atoms with E-state index in [0.717, 1.165) is 22.5 Å². The van der Waals surface area contributed by atoms with Gasteiger partial charge in [0.1, 0.15) is 0 Å². The molecule has 1 aromatic carbocycles. The second kappa shape index (κ2) is 7.32. The Balaban J connectivity index is 2.36. The lowest BCUT2D eigenvalue weighted by atomic mass is 9.91. The summed E-state index contributed by atoms with van der Waals surface area (Å²) in [5.74, 6) is 2.28. The highest BCUT2D eigenvalue weighted by Gasteiger charge is 2.28. The maximum Gasteiger partial charge on any atom is 0.161 e. The standard InChI is InChI=1S/C16H24BrNO2/c1-4-18-16(11-7-5-6-8-11)12-9-14(19-2)15(20-3)10-13(12)17/h9-11,16,18H,4-8H2,1-3H3. The van der Waals surface area contributed by atoms with Crippen LogP contribution < -0.4 is 14.8 Å². The highest BCUT2D eigenvalue weighted by molar-refractivity contribution is 9.10. The molecule has 0 bridgehead atoms. The van der Waals surface area contributed by atoms with E-state index >= 15 is 0 Å². The maximum atomic E-state index is 5.45. The summed E-state index contributed by atoms with van der Waals surface area (Å²) in [4.78, 5) is 0. The molecule has 1 aliphatic rings. The number of nitrogens with one attached hydrogen (secondary N) is 1. The summed E-state index contributed by atoms with van der Waals surface area (Å²) >= 11 is 3.69. The second-order valence-electron chi connectivity index (χ2n) is 5.31. The summed E-state index contributed by atoms with van der Waals surface area (Å²) in [7, 11) is 3.36. The van der Waals surface area contributed by atoms with Crippen LogP contribution in [0.25, 0.3) is 0 Å². The van der Waals surface area contributed by atoms with E-state index in [9.17, 15) is 0 Å². The molecule has 112 valence electrons. The summed E-state index contributed by atoms with van der Waals surface area (Å²) in [6, 6.07) is 4.50. The van der Waals surface area contributed by atoms with Gasteiger partial charge in [0.25, 0.3) is 0 Å². The molecule has 4 heteroatoms. The molecule has 0 heterocycles. The minimum absolute atomic E-state index is 0.386. The van der Waals surface area contributed by atoms with E-state index in [1.54, 1.807) is 14.2 Å². The van der Waals surface area contributed by atoms with Crippen molar-refractivity contribution in [2.24, 2.45) is 5.92 Å². The predicted molar refractivity (Wildman–Crippen MR) is 85.6 cm³/mol. The summed E-state index contributed by atoms with van der Waals surface area (Å²) in [5, 5.41) is 3.64. The molecule has 2 rings (SSSR count). The van der Waals surface area contributed by atoms with Crippen LogP contribution in [0, 0.1) is 5.92 Å². The lowest BCUT2D eigenvalue weighted by molar-refractivity contribution is 0.347. The van der Waals surface area contributed by atoms with Gasteiger partial charge in [0, 0.05) is 10.5 Å². The lowest BCUT2D eigenvalue weighted by Crippen LogP contribution is -2.27. The van der Waals surface area contributed by atoms with E-state index in [1.165, 1.54) is 31.2 Å². The molecule has 0 radical (unpaired) electrons. The van der Waals surface area contributed by atoms with E-state index < -0.39 is 0 Å². The van der Waals surface area contributed by atoms with Crippen molar-refractivity contribution >= 4 is 15.9 Å². The van der Waals surface area contributed by atoms with Crippen LogP contribution in [0.2, 0.25) is 0 Å². The number of methoxy groups -OCH3 is 2. The number of hydrogen-bond acceptors (Lipinski definition) is 3. The monoisotopic (exact) mass is 341 g/mol. The molecule has 1 aromatic rings. The zero-order valence-electron chi connectivity index (χ0n) is 12.5. The van der Waals surface area contributed by atoms with Crippen LogP contribution in [0.15, 0.2) is 16.6 Å². The molecule has 0 saturated heterocycles. The third-order valence-corrected chi connectivity index (χ3v) is 4.82. The lowest BCUT2D eigenvalue weighted by Gasteiger charge is -2.26. The fraction of sp³-hybridized carbons (Fsp3) is 0.625. The van der Waals surface area contributed by atoms with Crippen LogP contribution in [0.3, 0.4) is 0 Å². The van der Waals surface area contributed by atoms with Crippen molar-refractivity contribution in [1.29, 1.82) is 0 Å². The first-order chi connectivity index (χ1) is 9.71. The van der Waals surface area contributed by atoms with Crippen LogP contribution in [0.5, 0.6) is 11.5 Å². The highest BCUT2D eigenvalue weighted by Crippen LogP contribution is 2.42. The Kier molecular flexibility index (Phi) is 5.73. The van der Waals surface area contributed by atoms with E-state index in [-0.39, 0.29) is 0 Å². The van der Waals surface area contributed by atoms with Gasteiger partial charge in [-0.15, -0.1) is 0 Å². The van der Waals surface area contributed by atoms with Crippen molar-refractivity contribution in [3.05, 3.63) is 22.2 Å². The first kappa shape index (κ1) is 15.6. The van der Waals surface area contributed by atoms with Gasteiger partial charge >= 0.3 is 0 Å². The molecule has 1 N–H and O–H groups in total. The number of rotatable bonds is 6. The Morgan fingerprint density at radius 3 is 2.35 bits per heavy atom. The van der Waals surface area contributed by atoms with E-state index in [2.05, 4.69) is 34.2 Å². The summed E-state index contributed by atoms with van der Waals surface area (Å²) in [6.07, 6.45) is 5.30. The van der Waals surface area contributed by atoms with Crippen LogP contribution in [0.4, 0.5) is 0 Å². The number of benzene rings is 1. The van der Waals surface area contributed by atoms with Crippen LogP contribution in [-0.2, 0) is 0 Å². The zero-order valence-corrected chi connectivity index (χ0v) is 14.1. The highest BCUT2D eigenvalue weighted by atomic mass is 79.9. The molecule has 1 aliphatic carbocycles. The third-order valence-electron chi connectivity index (χ3n) is 4.13. The number of halogens is 1. The average Bonchev–Trinajstić information content (AvgIpc) is 2.98. The number of hydrogen-bond donors (Lipinski definition) is 1.